The van der Waals surface area contributed by atoms with Crippen LogP contribution < -0.4 is 14.4 Å². The lowest BCUT2D eigenvalue weighted by Crippen LogP contribution is -2.40. The third kappa shape index (κ3) is 7.03. The highest BCUT2D eigenvalue weighted by atomic mass is 35.5. The quantitative estimate of drug-likeness (QED) is 0.375. The van der Waals surface area contributed by atoms with Gasteiger partial charge < -0.3 is 10.1 Å². The minimum absolute atomic E-state index is 0.0320. The lowest BCUT2D eigenvalue weighted by Gasteiger charge is -2.26. The van der Waals surface area contributed by atoms with Gasteiger partial charge in [0.2, 0.25) is 5.91 Å². The van der Waals surface area contributed by atoms with E-state index in [1.807, 2.05) is 19.1 Å². The van der Waals surface area contributed by atoms with Crippen LogP contribution in [0.4, 0.5) is 5.69 Å². The second-order valence-corrected chi connectivity index (χ2v) is 11.2. The minimum atomic E-state index is -4.08. The predicted octanol–water partition coefficient (Wildman–Crippen LogP) is 4.85. The number of para-hydroxylation sites is 2. The summed E-state index contributed by atoms with van der Waals surface area (Å²) in [6.45, 7) is 5.28. The van der Waals surface area contributed by atoms with Crippen molar-refractivity contribution in [2.45, 2.75) is 37.8 Å². The number of nitrogens with one attached hydrogen (secondary N) is 1. The Kier molecular flexibility index (Phi) is 9.08. The van der Waals surface area contributed by atoms with Gasteiger partial charge in [0.1, 0.15) is 12.3 Å². The van der Waals surface area contributed by atoms with Crippen molar-refractivity contribution in [1.29, 1.82) is 0 Å². The van der Waals surface area contributed by atoms with Crippen LogP contribution in [0.5, 0.6) is 5.75 Å². The molecule has 1 fully saturated rings. The molecule has 0 spiro atoms. The van der Waals surface area contributed by atoms with Crippen molar-refractivity contribution in [2.75, 3.05) is 30.5 Å². The molecule has 1 aliphatic rings. The van der Waals surface area contributed by atoms with Gasteiger partial charge in [-0.1, -0.05) is 48.0 Å². The maximum Gasteiger partial charge on any atom is 0.264 e. The number of hydrogen-bond acceptors (Lipinski definition) is 5. The van der Waals surface area contributed by atoms with Crippen LogP contribution in [-0.4, -0.2) is 45.5 Å². The summed E-state index contributed by atoms with van der Waals surface area (Å²) in [4.78, 5) is 15.5. The summed E-state index contributed by atoms with van der Waals surface area (Å²) in [6, 6.07) is 20.8. The SMILES string of the molecule is CCOc1ccccc1N(CC(=O)NCc1ccc(CN2CCCC2)cc1)S(=O)(=O)c1ccc(Cl)cc1. The number of amides is 1. The third-order valence-electron chi connectivity index (χ3n) is 6.24. The van der Waals surface area contributed by atoms with E-state index in [9.17, 15) is 13.2 Å². The molecule has 1 aliphatic heterocycles. The summed E-state index contributed by atoms with van der Waals surface area (Å²) in [7, 11) is -4.08. The van der Waals surface area contributed by atoms with Crippen molar-refractivity contribution < 1.29 is 17.9 Å². The Labute approximate surface area is 224 Å². The van der Waals surface area contributed by atoms with Crippen molar-refractivity contribution in [2.24, 2.45) is 0 Å². The van der Waals surface area contributed by atoms with Crippen LogP contribution in [0.25, 0.3) is 0 Å². The number of ether oxygens (including phenoxy) is 1. The number of carbonyl (C=O) groups excluding carboxylic acids is 1. The molecule has 1 saturated heterocycles. The highest BCUT2D eigenvalue weighted by Crippen LogP contribution is 2.32. The Balaban J connectivity index is 1.49. The maximum absolute atomic E-state index is 13.6. The van der Waals surface area contributed by atoms with Crippen LogP contribution in [0, 0.1) is 0 Å². The van der Waals surface area contributed by atoms with Crippen molar-refractivity contribution in [3.63, 3.8) is 0 Å². The molecule has 0 aromatic heterocycles. The Bertz CT molecular complexity index is 1290. The largest absolute Gasteiger partial charge is 0.492 e. The summed E-state index contributed by atoms with van der Waals surface area (Å²) >= 11 is 5.97. The van der Waals surface area contributed by atoms with Crippen LogP contribution in [0.2, 0.25) is 5.02 Å². The monoisotopic (exact) mass is 541 g/mol. The molecule has 196 valence electrons. The highest BCUT2D eigenvalue weighted by molar-refractivity contribution is 7.92. The number of sulfonamides is 1. The highest BCUT2D eigenvalue weighted by Gasteiger charge is 2.29. The third-order valence-corrected chi connectivity index (χ3v) is 8.27. The van der Waals surface area contributed by atoms with Gasteiger partial charge in [0, 0.05) is 18.1 Å². The van der Waals surface area contributed by atoms with E-state index in [0.717, 1.165) is 29.5 Å². The van der Waals surface area contributed by atoms with E-state index >= 15 is 0 Å². The fraction of sp³-hybridized carbons (Fsp3) is 0.321. The van der Waals surface area contributed by atoms with Gasteiger partial charge in [0.25, 0.3) is 10.0 Å². The van der Waals surface area contributed by atoms with Gasteiger partial charge in [-0.25, -0.2) is 8.42 Å². The molecule has 1 amide bonds. The fourth-order valence-electron chi connectivity index (χ4n) is 4.32. The summed E-state index contributed by atoms with van der Waals surface area (Å²) in [5.41, 5.74) is 2.48. The fourth-order valence-corrected chi connectivity index (χ4v) is 5.88. The molecule has 1 heterocycles. The number of rotatable bonds is 11. The number of halogens is 1. The molecule has 4 rings (SSSR count). The smallest absolute Gasteiger partial charge is 0.264 e. The second kappa shape index (κ2) is 12.4. The molecule has 3 aromatic carbocycles. The predicted molar refractivity (Wildman–Crippen MR) is 146 cm³/mol. The number of carbonyl (C=O) groups is 1. The van der Waals surface area contributed by atoms with E-state index in [1.54, 1.807) is 24.3 Å². The lowest BCUT2D eigenvalue weighted by atomic mass is 10.1. The van der Waals surface area contributed by atoms with Gasteiger partial charge in [-0.2, -0.15) is 0 Å². The van der Waals surface area contributed by atoms with Crippen LogP contribution in [0.15, 0.2) is 77.7 Å². The standard InChI is InChI=1S/C28H32ClN3O4S/c1-2-36-27-8-4-3-7-26(27)32(37(34,35)25-15-13-24(29)14-16-25)21-28(33)30-19-22-9-11-23(12-10-22)20-31-17-5-6-18-31/h3-4,7-16H,2,5-6,17-21H2,1H3,(H,30,33). The molecule has 0 unspecified atom stereocenters. The van der Waals surface area contributed by atoms with E-state index in [4.69, 9.17) is 16.3 Å². The molecule has 3 aromatic rings. The zero-order valence-electron chi connectivity index (χ0n) is 20.9. The summed E-state index contributed by atoms with van der Waals surface area (Å²) in [6.07, 6.45) is 2.51. The van der Waals surface area contributed by atoms with Crippen LogP contribution >= 0.6 is 11.6 Å². The van der Waals surface area contributed by atoms with E-state index in [1.165, 1.54) is 42.7 Å². The molecule has 0 atom stereocenters. The first-order valence-electron chi connectivity index (χ1n) is 12.4. The number of hydrogen-bond donors (Lipinski definition) is 1. The molecular formula is C28H32ClN3O4S. The molecule has 0 bridgehead atoms. The van der Waals surface area contributed by atoms with Crippen molar-refractivity contribution >= 4 is 33.2 Å². The van der Waals surface area contributed by atoms with Crippen LogP contribution in [-0.2, 0) is 27.9 Å². The van der Waals surface area contributed by atoms with Gasteiger partial charge in [0.05, 0.1) is 17.2 Å². The molecule has 37 heavy (non-hydrogen) atoms. The van der Waals surface area contributed by atoms with E-state index in [-0.39, 0.29) is 4.90 Å². The zero-order chi connectivity index (χ0) is 26.3. The number of anilines is 1. The summed E-state index contributed by atoms with van der Waals surface area (Å²) in [5.74, 6) is -0.0473. The molecule has 0 saturated carbocycles. The number of benzene rings is 3. The summed E-state index contributed by atoms with van der Waals surface area (Å²) < 4.78 is 34.0. The first-order valence-corrected chi connectivity index (χ1v) is 14.3. The molecule has 1 N–H and O–H groups in total. The summed E-state index contributed by atoms with van der Waals surface area (Å²) in [5, 5.41) is 3.28. The van der Waals surface area contributed by atoms with Crippen LogP contribution in [0.1, 0.15) is 30.9 Å². The van der Waals surface area contributed by atoms with E-state index in [2.05, 4.69) is 22.3 Å². The van der Waals surface area contributed by atoms with Gasteiger partial charge >= 0.3 is 0 Å². The average molecular weight is 542 g/mol. The molecule has 9 heteroatoms. The van der Waals surface area contributed by atoms with Crippen LogP contribution in [0.3, 0.4) is 0 Å². The topological polar surface area (TPSA) is 79.0 Å². The lowest BCUT2D eigenvalue weighted by molar-refractivity contribution is -0.119. The first-order chi connectivity index (χ1) is 17.9. The van der Waals surface area contributed by atoms with Gasteiger partial charge in [-0.15, -0.1) is 0 Å². The van der Waals surface area contributed by atoms with Gasteiger partial charge in [0.15, 0.2) is 0 Å². The van der Waals surface area contributed by atoms with Crippen molar-refractivity contribution in [3.8, 4) is 5.75 Å². The number of nitrogens with zero attached hydrogens (tertiary/aromatic N) is 2. The first kappa shape index (κ1) is 27.0. The average Bonchev–Trinajstić information content (AvgIpc) is 3.41. The molecule has 7 nitrogen and oxygen atoms in total. The zero-order valence-corrected chi connectivity index (χ0v) is 22.5. The Morgan fingerprint density at radius 3 is 2.30 bits per heavy atom. The Hall–Kier alpha value is -3.07. The van der Waals surface area contributed by atoms with Crippen molar-refractivity contribution in [3.05, 3.63) is 88.9 Å². The molecule has 0 radical (unpaired) electrons. The number of likely N-dealkylation sites (tertiary alicyclic amines) is 1. The van der Waals surface area contributed by atoms with Gasteiger partial charge in [-0.3, -0.25) is 14.0 Å². The van der Waals surface area contributed by atoms with Gasteiger partial charge in [-0.05, 0) is 80.4 Å². The van der Waals surface area contributed by atoms with Crippen molar-refractivity contribution in [1.82, 2.24) is 10.2 Å². The Morgan fingerprint density at radius 2 is 1.62 bits per heavy atom. The normalized spacial score (nSPS) is 13.9. The molecular weight excluding hydrogens is 510 g/mol. The van der Waals surface area contributed by atoms with E-state index < -0.39 is 22.5 Å². The van der Waals surface area contributed by atoms with E-state index in [0.29, 0.717) is 29.6 Å². The Morgan fingerprint density at radius 1 is 0.973 bits per heavy atom. The maximum atomic E-state index is 13.6. The molecule has 0 aliphatic carbocycles. The second-order valence-electron chi connectivity index (χ2n) is 8.94. The minimum Gasteiger partial charge on any atom is -0.492 e.